The van der Waals surface area contributed by atoms with Gasteiger partial charge in [0, 0.05) is 12.7 Å². The first-order valence-electron chi connectivity index (χ1n) is 9.97. The SMILES string of the molecule is CN1C(=O)C(=Cc2ccc(OCC(=O)Nc3ccccc3)cc2)SC1=Nc1ccccc1. The number of rotatable bonds is 6. The minimum absolute atomic E-state index is 0.0895. The summed E-state index contributed by atoms with van der Waals surface area (Å²) in [7, 11) is 1.72. The molecule has 160 valence electrons. The Balaban J connectivity index is 1.37. The zero-order valence-corrected chi connectivity index (χ0v) is 18.2. The van der Waals surface area contributed by atoms with E-state index in [2.05, 4.69) is 10.3 Å². The average Bonchev–Trinajstić information content (AvgIpc) is 3.07. The highest BCUT2D eigenvalue weighted by molar-refractivity contribution is 8.18. The van der Waals surface area contributed by atoms with E-state index in [1.807, 2.05) is 78.9 Å². The van der Waals surface area contributed by atoms with Gasteiger partial charge in [0.1, 0.15) is 5.75 Å². The molecule has 1 saturated heterocycles. The first-order chi connectivity index (χ1) is 15.6. The number of para-hydroxylation sites is 2. The lowest BCUT2D eigenvalue weighted by atomic mass is 10.2. The number of anilines is 1. The lowest BCUT2D eigenvalue weighted by Crippen LogP contribution is -2.23. The molecule has 3 aromatic rings. The number of carbonyl (C=O) groups is 2. The van der Waals surface area contributed by atoms with E-state index in [0.29, 0.717) is 15.8 Å². The molecule has 1 fully saturated rings. The van der Waals surface area contributed by atoms with Crippen LogP contribution in [-0.2, 0) is 9.59 Å². The molecule has 0 saturated carbocycles. The van der Waals surface area contributed by atoms with Crippen LogP contribution in [0.1, 0.15) is 5.56 Å². The molecule has 0 bridgehead atoms. The van der Waals surface area contributed by atoms with Crippen molar-refractivity contribution < 1.29 is 14.3 Å². The molecule has 1 N–H and O–H groups in total. The molecule has 32 heavy (non-hydrogen) atoms. The summed E-state index contributed by atoms with van der Waals surface area (Å²) in [5, 5.41) is 3.41. The van der Waals surface area contributed by atoms with Crippen LogP contribution in [0.3, 0.4) is 0 Å². The summed E-state index contributed by atoms with van der Waals surface area (Å²) in [6.07, 6.45) is 1.82. The van der Waals surface area contributed by atoms with E-state index in [1.165, 1.54) is 11.8 Å². The molecule has 0 atom stereocenters. The normalized spacial score (nSPS) is 15.9. The summed E-state index contributed by atoms with van der Waals surface area (Å²) in [6, 6.07) is 26.0. The molecule has 0 radical (unpaired) electrons. The summed E-state index contributed by atoms with van der Waals surface area (Å²) in [5.74, 6) is 0.246. The Bertz CT molecular complexity index is 1160. The van der Waals surface area contributed by atoms with Crippen molar-refractivity contribution in [2.45, 2.75) is 0 Å². The Morgan fingerprint density at radius 1 is 1.00 bits per heavy atom. The van der Waals surface area contributed by atoms with Gasteiger partial charge in [-0.3, -0.25) is 14.5 Å². The summed E-state index contributed by atoms with van der Waals surface area (Å²) in [6.45, 7) is -0.0895. The van der Waals surface area contributed by atoms with Gasteiger partial charge in [-0.1, -0.05) is 48.5 Å². The Morgan fingerprint density at radius 2 is 1.66 bits per heavy atom. The van der Waals surface area contributed by atoms with Crippen LogP contribution in [0.25, 0.3) is 6.08 Å². The molecule has 4 rings (SSSR count). The van der Waals surface area contributed by atoms with Gasteiger partial charge in [-0.15, -0.1) is 0 Å². The predicted octanol–water partition coefficient (Wildman–Crippen LogP) is 4.94. The number of nitrogens with one attached hydrogen (secondary N) is 1. The number of amidine groups is 1. The number of amides is 2. The number of aliphatic imine (C=N–C) groups is 1. The van der Waals surface area contributed by atoms with Crippen molar-refractivity contribution in [3.63, 3.8) is 0 Å². The van der Waals surface area contributed by atoms with Crippen LogP contribution in [-0.4, -0.2) is 35.5 Å². The minimum atomic E-state index is -0.233. The standard InChI is InChI=1S/C25H21N3O3S/c1-28-24(30)22(32-25(28)27-20-10-6-3-7-11-20)16-18-12-14-21(15-13-18)31-17-23(29)26-19-8-4-2-5-9-19/h2-16H,17H2,1H3,(H,26,29). The smallest absolute Gasteiger partial charge is 0.266 e. The van der Waals surface area contributed by atoms with E-state index in [-0.39, 0.29) is 18.4 Å². The highest BCUT2D eigenvalue weighted by atomic mass is 32.2. The van der Waals surface area contributed by atoms with Gasteiger partial charge in [0.2, 0.25) is 0 Å². The van der Waals surface area contributed by atoms with Crippen molar-refractivity contribution in [3.8, 4) is 5.75 Å². The summed E-state index contributed by atoms with van der Waals surface area (Å²) < 4.78 is 5.55. The van der Waals surface area contributed by atoms with Crippen LogP contribution in [0, 0.1) is 0 Å². The lowest BCUT2D eigenvalue weighted by Gasteiger charge is -2.08. The fraction of sp³-hybridized carbons (Fsp3) is 0.0800. The van der Waals surface area contributed by atoms with E-state index < -0.39 is 0 Å². The molecule has 1 heterocycles. The molecule has 0 spiro atoms. The summed E-state index contributed by atoms with van der Waals surface area (Å²) in [5.41, 5.74) is 2.38. The van der Waals surface area contributed by atoms with Crippen molar-refractivity contribution in [2.24, 2.45) is 4.99 Å². The van der Waals surface area contributed by atoms with E-state index in [9.17, 15) is 9.59 Å². The van der Waals surface area contributed by atoms with Crippen LogP contribution < -0.4 is 10.1 Å². The van der Waals surface area contributed by atoms with Gasteiger partial charge >= 0.3 is 0 Å². The number of likely N-dealkylation sites (N-methyl/N-ethyl adjacent to an activating group) is 1. The molecule has 0 aromatic heterocycles. The lowest BCUT2D eigenvalue weighted by molar-refractivity contribution is -0.121. The average molecular weight is 444 g/mol. The number of carbonyl (C=O) groups excluding carboxylic acids is 2. The van der Waals surface area contributed by atoms with Crippen molar-refractivity contribution >= 4 is 46.2 Å². The highest BCUT2D eigenvalue weighted by Gasteiger charge is 2.30. The number of nitrogens with zero attached hydrogens (tertiary/aromatic N) is 2. The van der Waals surface area contributed by atoms with Gasteiger partial charge in [-0.05, 0) is 59.8 Å². The number of hydrogen-bond acceptors (Lipinski definition) is 5. The molecular weight excluding hydrogens is 422 g/mol. The van der Waals surface area contributed by atoms with Crippen LogP contribution in [0.4, 0.5) is 11.4 Å². The van der Waals surface area contributed by atoms with Gasteiger partial charge in [-0.2, -0.15) is 0 Å². The van der Waals surface area contributed by atoms with E-state index in [1.54, 1.807) is 24.1 Å². The molecule has 0 unspecified atom stereocenters. The Labute approximate surface area is 190 Å². The Hall–Kier alpha value is -3.84. The van der Waals surface area contributed by atoms with Crippen LogP contribution in [0.2, 0.25) is 0 Å². The molecule has 0 aliphatic carbocycles. The second kappa shape index (κ2) is 9.98. The third-order valence-corrected chi connectivity index (χ3v) is 5.65. The maximum Gasteiger partial charge on any atom is 0.266 e. The molecule has 6 nitrogen and oxygen atoms in total. The number of hydrogen-bond donors (Lipinski definition) is 1. The second-order valence-electron chi connectivity index (χ2n) is 6.98. The fourth-order valence-electron chi connectivity index (χ4n) is 2.94. The number of thioether (sulfide) groups is 1. The van der Waals surface area contributed by atoms with Gasteiger partial charge in [0.25, 0.3) is 11.8 Å². The van der Waals surface area contributed by atoms with Crippen molar-refractivity contribution in [3.05, 3.63) is 95.4 Å². The molecular formula is C25H21N3O3S. The Morgan fingerprint density at radius 3 is 2.34 bits per heavy atom. The molecule has 2 amide bonds. The van der Waals surface area contributed by atoms with E-state index in [0.717, 1.165) is 16.9 Å². The molecule has 1 aliphatic rings. The van der Waals surface area contributed by atoms with Crippen LogP contribution in [0.5, 0.6) is 5.75 Å². The van der Waals surface area contributed by atoms with Gasteiger partial charge in [0.05, 0.1) is 10.6 Å². The molecule has 1 aliphatic heterocycles. The maximum atomic E-state index is 12.6. The maximum absolute atomic E-state index is 12.6. The zero-order valence-electron chi connectivity index (χ0n) is 17.4. The second-order valence-corrected chi connectivity index (χ2v) is 7.99. The number of ether oxygens (including phenoxy) is 1. The van der Waals surface area contributed by atoms with Crippen molar-refractivity contribution in [1.29, 1.82) is 0 Å². The van der Waals surface area contributed by atoms with Gasteiger partial charge in [0.15, 0.2) is 11.8 Å². The topological polar surface area (TPSA) is 71.0 Å². The highest BCUT2D eigenvalue weighted by Crippen LogP contribution is 2.33. The molecule has 3 aromatic carbocycles. The predicted molar refractivity (Wildman–Crippen MR) is 129 cm³/mol. The first kappa shape index (κ1) is 21.4. The van der Waals surface area contributed by atoms with Crippen molar-refractivity contribution in [1.82, 2.24) is 4.90 Å². The molecule has 7 heteroatoms. The number of benzene rings is 3. The Kier molecular flexibility index (Phi) is 6.67. The third-order valence-electron chi connectivity index (χ3n) is 4.59. The van der Waals surface area contributed by atoms with Crippen LogP contribution >= 0.6 is 11.8 Å². The first-order valence-corrected chi connectivity index (χ1v) is 10.8. The summed E-state index contributed by atoms with van der Waals surface area (Å²) >= 11 is 1.34. The summed E-state index contributed by atoms with van der Waals surface area (Å²) in [4.78, 5) is 31.3. The third kappa shape index (κ3) is 5.44. The fourth-order valence-corrected chi connectivity index (χ4v) is 3.93. The van der Waals surface area contributed by atoms with Gasteiger partial charge in [-0.25, -0.2) is 4.99 Å². The monoisotopic (exact) mass is 443 g/mol. The van der Waals surface area contributed by atoms with E-state index >= 15 is 0 Å². The zero-order chi connectivity index (χ0) is 22.3. The minimum Gasteiger partial charge on any atom is -0.484 e. The van der Waals surface area contributed by atoms with Crippen molar-refractivity contribution in [2.75, 3.05) is 19.0 Å². The van der Waals surface area contributed by atoms with Gasteiger partial charge < -0.3 is 10.1 Å². The van der Waals surface area contributed by atoms with E-state index in [4.69, 9.17) is 4.74 Å². The largest absolute Gasteiger partial charge is 0.484 e. The van der Waals surface area contributed by atoms with Crippen LogP contribution in [0.15, 0.2) is 94.8 Å². The quantitative estimate of drug-likeness (QED) is 0.548.